The summed E-state index contributed by atoms with van der Waals surface area (Å²) in [5.41, 5.74) is 0. The predicted molar refractivity (Wildman–Crippen MR) is 64.1 cm³/mol. The molecule has 1 heterocycles. The summed E-state index contributed by atoms with van der Waals surface area (Å²) in [6, 6.07) is 2.13. The first-order chi connectivity index (χ1) is 7.79. The molecule has 5 heteroatoms. The van der Waals surface area contributed by atoms with E-state index in [0.29, 0.717) is 12.2 Å². The normalized spacial score (nSPS) is 20.1. The van der Waals surface area contributed by atoms with Crippen LogP contribution < -0.4 is 0 Å². The molecule has 0 saturated carbocycles. The Bertz CT molecular complexity index is 265. The zero-order chi connectivity index (χ0) is 11.8. The number of aliphatic hydroxyl groups excluding tert-OH is 1. The Kier molecular flexibility index (Phi) is 6.27. The first-order valence-electron chi connectivity index (χ1n) is 5.70. The van der Waals surface area contributed by atoms with Crippen LogP contribution in [0.3, 0.4) is 0 Å². The fourth-order valence-corrected chi connectivity index (χ4v) is 2.78. The highest BCUT2D eigenvalue weighted by molar-refractivity contribution is 8.13. The van der Waals surface area contributed by atoms with E-state index in [1.807, 2.05) is 0 Å². The fraction of sp³-hybridized carbons (Fsp3) is 0.818. The summed E-state index contributed by atoms with van der Waals surface area (Å²) < 4.78 is 0. The van der Waals surface area contributed by atoms with Crippen LogP contribution in [0.5, 0.6) is 0 Å². The molecule has 1 aliphatic rings. The van der Waals surface area contributed by atoms with Crippen LogP contribution in [0.1, 0.15) is 32.1 Å². The van der Waals surface area contributed by atoms with Crippen molar-refractivity contribution < 1.29 is 9.90 Å². The Morgan fingerprint density at radius 3 is 2.88 bits per heavy atom. The molecule has 1 saturated heterocycles. The smallest absolute Gasteiger partial charge is 0.282 e. The number of amides is 1. The minimum Gasteiger partial charge on any atom is -0.394 e. The van der Waals surface area contributed by atoms with Gasteiger partial charge in [-0.3, -0.25) is 4.79 Å². The van der Waals surface area contributed by atoms with Crippen molar-refractivity contribution in [3.63, 3.8) is 0 Å². The lowest BCUT2D eigenvalue weighted by Crippen LogP contribution is -2.36. The Labute approximate surface area is 101 Å². The van der Waals surface area contributed by atoms with Crippen molar-refractivity contribution in [2.24, 2.45) is 0 Å². The van der Waals surface area contributed by atoms with Crippen molar-refractivity contribution in [1.82, 2.24) is 4.90 Å². The highest BCUT2D eigenvalue weighted by atomic mass is 32.2. The van der Waals surface area contributed by atoms with E-state index in [4.69, 9.17) is 10.4 Å². The zero-order valence-corrected chi connectivity index (χ0v) is 10.2. The van der Waals surface area contributed by atoms with E-state index in [-0.39, 0.29) is 17.9 Å². The van der Waals surface area contributed by atoms with Crippen molar-refractivity contribution in [1.29, 1.82) is 5.26 Å². The van der Waals surface area contributed by atoms with Gasteiger partial charge < -0.3 is 10.0 Å². The van der Waals surface area contributed by atoms with Gasteiger partial charge in [-0.2, -0.15) is 5.26 Å². The van der Waals surface area contributed by atoms with Gasteiger partial charge in [0.1, 0.15) is 0 Å². The van der Waals surface area contributed by atoms with Gasteiger partial charge >= 0.3 is 0 Å². The summed E-state index contributed by atoms with van der Waals surface area (Å²) in [6.07, 6.45) is 4.63. The van der Waals surface area contributed by atoms with Crippen LogP contribution in [0.2, 0.25) is 0 Å². The van der Waals surface area contributed by atoms with Crippen LogP contribution in [0, 0.1) is 11.3 Å². The first-order valence-corrected chi connectivity index (χ1v) is 6.69. The molecule has 1 N–H and O–H groups in total. The molecule has 0 aromatic heterocycles. The van der Waals surface area contributed by atoms with E-state index < -0.39 is 0 Å². The number of aliphatic hydroxyl groups is 1. The first kappa shape index (κ1) is 13.3. The second kappa shape index (κ2) is 7.53. The van der Waals surface area contributed by atoms with Gasteiger partial charge in [-0.05, 0) is 12.8 Å². The van der Waals surface area contributed by atoms with E-state index in [9.17, 15) is 4.79 Å². The van der Waals surface area contributed by atoms with Crippen molar-refractivity contribution in [2.45, 2.75) is 38.1 Å². The molecule has 0 aromatic carbocycles. The van der Waals surface area contributed by atoms with Crippen molar-refractivity contribution >= 4 is 17.0 Å². The number of nitriles is 1. The Balaban J connectivity index is 2.12. The molecule has 1 atom stereocenters. The number of hydrogen-bond acceptors (Lipinski definition) is 4. The lowest BCUT2D eigenvalue weighted by atomic mass is 10.1. The van der Waals surface area contributed by atoms with Crippen LogP contribution in [0.15, 0.2) is 0 Å². The maximum Gasteiger partial charge on any atom is 0.282 e. The number of carbonyl (C=O) groups is 1. The SMILES string of the molecule is N#CCCCCCCN1C(=O)SCC1CO. The molecule has 0 radical (unpaired) electrons. The van der Waals surface area contributed by atoms with Gasteiger partial charge in [-0.1, -0.05) is 24.6 Å². The molecule has 0 aromatic rings. The molecule has 1 aliphatic heterocycles. The average Bonchev–Trinajstić information content (AvgIpc) is 2.65. The monoisotopic (exact) mass is 242 g/mol. The van der Waals surface area contributed by atoms with Gasteiger partial charge in [-0.25, -0.2) is 0 Å². The minimum atomic E-state index is 0.0107. The summed E-state index contributed by atoms with van der Waals surface area (Å²) >= 11 is 1.29. The molecule has 0 aliphatic carbocycles. The van der Waals surface area contributed by atoms with E-state index in [0.717, 1.165) is 32.2 Å². The average molecular weight is 242 g/mol. The molecule has 90 valence electrons. The number of carbonyl (C=O) groups excluding carboxylic acids is 1. The van der Waals surface area contributed by atoms with Crippen LogP contribution in [-0.2, 0) is 0 Å². The molecule has 1 fully saturated rings. The Morgan fingerprint density at radius 2 is 2.19 bits per heavy atom. The molecular formula is C11H18N2O2S. The third kappa shape index (κ3) is 4.03. The second-order valence-electron chi connectivity index (χ2n) is 3.93. The predicted octanol–water partition coefficient (Wildman–Crippen LogP) is 1.99. The van der Waals surface area contributed by atoms with Crippen LogP contribution in [-0.4, -0.2) is 40.2 Å². The highest BCUT2D eigenvalue weighted by Crippen LogP contribution is 2.24. The fourth-order valence-electron chi connectivity index (χ4n) is 1.75. The van der Waals surface area contributed by atoms with Gasteiger partial charge in [0.2, 0.25) is 0 Å². The largest absolute Gasteiger partial charge is 0.394 e. The second-order valence-corrected chi connectivity index (χ2v) is 4.90. The van der Waals surface area contributed by atoms with Gasteiger partial charge in [0.05, 0.1) is 18.7 Å². The number of nitrogens with zero attached hydrogens (tertiary/aromatic N) is 2. The summed E-state index contributed by atoms with van der Waals surface area (Å²) in [5.74, 6) is 0.712. The summed E-state index contributed by atoms with van der Waals surface area (Å²) in [7, 11) is 0. The van der Waals surface area contributed by atoms with Gasteiger partial charge in [0.25, 0.3) is 5.24 Å². The van der Waals surface area contributed by atoms with E-state index in [1.165, 1.54) is 11.8 Å². The summed E-state index contributed by atoms with van der Waals surface area (Å²) in [4.78, 5) is 13.2. The minimum absolute atomic E-state index is 0.0107. The molecule has 0 spiro atoms. The van der Waals surface area contributed by atoms with Gasteiger partial charge in [0, 0.05) is 18.7 Å². The lowest BCUT2D eigenvalue weighted by molar-refractivity contribution is 0.164. The third-order valence-electron chi connectivity index (χ3n) is 2.72. The topological polar surface area (TPSA) is 64.3 Å². The molecule has 1 amide bonds. The number of unbranched alkanes of at least 4 members (excludes halogenated alkanes) is 4. The maximum absolute atomic E-state index is 11.4. The van der Waals surface area contributed by atoms with Crippen LogP contribution in [0.25, 0.3) is 0 Å². The van der Waals surface area contributed by atoms with Gasteiger partial charge in [0.15, 0.2) is 0 Å². The van der Waals surface area contributed by atoms with Gasteiger partial charge in [-0.15, -0.1) is 0 Å². The van der Waals surface area contributed by atoms with Crippen molar-refractivity contribution in [3.8, 4) is 6.07 Å². The molecule has 4 nitrogen and oxygen atoms in total. The number of rotatable bonds is 7. The Hall–Kier alpha value is -0.730. The molecule has 1 rings (SSSR count). The van der Waals surface area contributed by atoms with E-state index in [2.05, 4.69) is 6.07 Å². The zero-order valence-electron chi connectivity index (χ0n) is 9.39. The van der Waals surface area contributed by atoms with E-state index >= 15 is 0 Å². The van der Waals surface area contributed by atoms with E-state index in [1.54, 1.807) is 4.90 Å². The molecule has 1 unspecified atom stereocenters. The summed E-state index contributed by atoms with van der Waals surface area (Å²) in [6.45, 7) is 0.802. The maximum atomic E-state index is 11.4. The van der Waals surface area contributed by atoms with Crippen molar-refractivity contribution in [3.05, 3.63) is 0 Å². The van der Waals surface area contributed by atoms with Crippen molar-refractivity contribution in [2.75, 3.05) is 18.9 Å². The lowest BCUT2D eigenvalue weighted by Gasteiger charge is -2.21. The molecule has 0 bridgehead atoms. The quantitative estimate of drug-likeness (QED) is 0.693. The number of hydrogen-bond donors (Lipinski definition) is 1. The Morgan fingerprint density at radius 1 is 1.44 bits per heavy atom. The summed E-state index contributed by atoms with van der Waals surface area (Å²) in [5, 5.41) is 17.5. The molecule has 16 heavy (non-hydrogen) atoms. The standard InChI is InChI=1S/C11H18N2O2S/c12-6-4-2-1-3-5-7-13-10(8-14)9-16-11(13)15/h10,14H,1-5,7-9H2. The van der Waals surface area contributed by atoms with Crippen LogP contribution >= 0.6 is 11.8 Å². The molecular weight excluding hydrogens is 224 g/mol. The van der Waals surface area contributed by atoms with Crippen LogP contribution in [0.4, 0.5) is 4.79 Å². The third-order valence-corrected chi connectivity index (χ3v) is 3.76. The highest BCUT2D eigenvalue weighted by Gasteiger charge is 2.30. The number of thioether (sulfide) groups is 1.